The summed E-state index contributed by atoms with van der Waals surface area (Å²) in [5, 5.41) is 23.8. The third-order valence-electron chi connectivity index (χ3n) is 2.72. The van der Waals surface area contributed by atoms with Crippen molar-refractivity contribution in [2.75, 3.05) is 12.4 Å². The van der Waals surface area contributed by atoms with Gasteiger partial charge in [-0.1, -0.05) is 0 Å². The van der Waals surface area contributed by atoms with Crippen molar-refractivity contribution < 1.29 is 59.6 Å². The molecule has 0 aromatic rings. The van der Waals surface area contributed by atoms with Crippen molar-refractivity contribution in [2.45, 2.75) is 41.7 Å². The van der Waals surface area contributed by atoms with Gasteiger partial charge in [0.05, 0.1) is 18.3 Å². The predicted molar refractivity (Wildman–Crippen MR) is 62.5 cm³/mol. The number of aliphatic hydroxyl groups excluding tert-OH is 2. The van der Waals surface area contributed by atoms with Crippen molar-refractivity contribution in [1.82, 2.24) is 0 Å². The van der Waals surface area contributed by atoms with Crippen LogP contribution in [0.25, 0.3) is 0 Å². The summed E-state index contributed by atoms with van der Waals surface area (Å²) >= 11 is -0.00124. The average molecular weight is 398 g/mol. The molecular formula is C10H11F9O4S. The van der Waals surface area contributed by atoms with E-state index < -0.39 is 60.0 Å². The van der Waals surface area contributed by atoms with Gasteiger partial charge in [0.1, 0.15) is 6.10 Å². The second-order valence-corrected chi connectivity index (χ2v) is 5.80. The molecule has 0 aromatic heterocycles. The zero-order valence-corrected chi connectivity index (χ0v) is 12.2. The van der Waals surface area contributed by atoms with Crippen LogP contribution < -0.4 is 0 Å². The fourth-order valence-corrected chi connectivity index (χ4v) is 2.40. The zero-order valence-electron chi connectivity index (χ0n) is 11.3. The molecule has 0 radical (unpaired) electrons. The third-order valence-corrected chi connectivity index (χ3v) is 4.00. The Morgan fingerprint density at radius 2 is 1.42 bits per heavy atom. The van der Waals surface area contributed by atoms with Gasteiger partial charge in [0.25, 0.3) is 0 Å². The lowest BCUT2D eigenvalue weighted by molar-refractivity contribution is -0.405. The van der Waals surface area contributed by atoms with Crippen LogP contribution in [0, 0.1) is 0 Å². The number of thioether (sulfide) groups is 1. The lowest BCUT2D eigenvalue weighted by atomic mass is 9.97. The van der Waals surface area contributed by atoms with E-state index in [1.54, 1.807) is 0 Å². The van der Waals surface area contributed by atoms with E-state index in [2.05, 4.69) is 0 Å². The van der Waals surface area contributed by atoms with Crippen LogP contribution in [0.15, 0.2) is 0 Å². The van der Waals surface area contributed by atoms with Gasteiger partial charge >= 0.3 is 29.9 Å². The maximum Gasteiger partial charge on any atom is 0.460 e. The molecule has 2 unspecified atom stereocenters. The minimum Gasteiger partial charge on any atom is -0.481 e. The quantitative estimate of drug-likeness (QED) is 0.520. The maximum absolute atomic E-state index is 13.4. The number of halogens is 9. The molecule has 0 saturated heterocycles. The van der Waals surface area contributed by atoms with Gasteiger partial charge in [-0.05, 0) is 0 Å². The molecule has 0 heterocycles. The largest absolute Gasteiger partial charge is 0.481 e. The van der Waals surface area contributed by atoms with E-state index in [0.717, 1.165) is 0 Å². The van der Waals surface area contributed by atoms with Gasteiger partial charge in [-0.15, -0.1) is 0 Å². The molecular weight excluding hydrogens is 387 g/mol. The van der Waals surface area contributed by atoms with Gasteiger partial charge in [-0.25, -0.2) is 0 Å². The van der Waals surface area contributed by atoms with Crippen molar-refractivity contribution >= 4 is 17.7 Å². The third kappa shape index (κ3) is 4.39. The summed E-state index contributed by atoms with van der Waals surface area (Å²) in [5.41, 5.74) is 0. The number of carbonyl (C=O) groups is 1. The molecule has 2 atom stereocenters. The highest BCUT2D eigenvalue weighted by Gasteiger charge is 2.83. The first-order valence-corrected chi connectivity index (χ1v) is 6.91. The molecule has 0 aromatic carbocycles. The Kier molecular flexibility index (Phi) is 7.28. The number of aliphatic carboxylic acids is 1. The van der Waals surface area contributed by atoms with E-state index in [0.29, 0.717) is 0 Å². The zero-order chi connectivity index (χ0) is 19.6. The summed E-state index contributed by atoms with van der Waals surface area (Å²) in [4.78, 5) is 10.2. The Balaban J connectivity index is 5.48. The number of carboxylic acids is 1. The second-order valence-electron chi connectivity index (χ2n) is 4.45. The molecule has 24 heavy (non-hydrogen) atoms. The van der Waals surface area contributed by atoms with Crippen molar-refractivity contribution in [3.8, 4) is 0 Å². The van der Waals surface area contributed by atoms with E-state index in [1.807, 2.05) is 0 Å². The highest BCUT2D eigenvalue weighted by molar-refractivity contribution is 8.00. The Morgan fingerprint density at radius 1 is 0.958 bits per heavy atom. The van der Waals surface area contributed by atoms with E-state index in [1.165, 1.54) is 0 Å². The smallest absolute Gasteiger partial charge is 0.460 e. The van der Waals surface area contributed by atoms with E-state index in [4.69, 9.17) is 15.3 Å². The van der Waals surface area contributed by atoms with Gasteiger partial charge in [-0.3, -0.25) is 4.79 Å². The highest BCUT2D eigenvalue weighted by atomic mass is 32.2. The Hall–Kier alpha value is -0.890. The summed E-state index contributed by atoms with van der Waals surface area (Å²) in [5.74, 6) is -22.5. The SMILES string of the molecule is O=C(O)CCSC(CO)C(O)C(F)(F)C(F)(F)C(F)(F)C(F)(F)F. The number of aliphatic hydroxyl groups is 2. The fraction of sp³-hybridized carbons (Fsp3) is 0.900. The van der Waals surface area contributed by atoms with Crippen LogP contribution in [0.3, 0.4) is 0 Å². The first-order chi connectivity index (χ1) is 10.5. The molecule has 3 N–H and O–H groups in total. The van der Waals surface area contributed by atoms with Crippen molar-refractivity contribution in [1.29, 1.82) is 0 Å². The molecule has 0 bridgehead atoms. The van der Waals surface area contributed by atoms with Crippen LogP contribution in [-0.4, -0.2) is 68.9 Å². The van der Waals surface area contributed by atoms with Crippen LogP contribution in [0.4, 0.5) is 39.5 Å². The van der Waals surface area contributed by atoms with E-state index in [9.17, 15) is 44.3 Å². The summed E-state index contributed by atoms with van der Waals surface area (Å²) in [6, 6.07) is 0. The average Bonchev–Trinajstić information content (AvgIpc) is 2.40. The summed E-state index contributed by atoms with van der Waals surface area (Å²) < 4.78 is 114. The Bertz CT molecular complexity index is 441. The van der Waals surface area contributed by atoms with Gasteiger partial charge < -0.3 is 15.3 Å². The van der Waals surface area contributed by atoms with Gasteiger partial charge in [-0.2, -0.15) is 51.3 Å². The number of carboxylic acid groups (broad SMARTS) is 1. The lowest BCUT2D eigenvalue weighted by Crippen LogP contribution is -2.66. The first kappa shape index (κ1) is 23.1. The standard InChI is InChI=1S/C10H11F9O4S/c11-7(12,8(13,14)9(15,16)10(17,18)19)6(23)4(3-20)24-2-1-5(21)22/h4,6,20,23H,1-3H2,(H,21,22). The first-order valence-electron chi connectivity index (χ1n) is 5.86. The van der Waals surface area contributed by atoms with Crippen molar-refractivity contribution in [3.63, 3.8) is 0 Å². The number of hydrogen-bond acceptors (Lipinski definition) is 4. The van der Waals surface area contributed by atoms with Crippen LogP contribution in [0.1, 0.15) is 6.42 Å². The Labute approximate surface area is 132 Å². The molecule has 0 aliphatic rings. The molecule has 0 spiro atoms. The molecule has 0 aliphatic carbocycles. The maximum atomic E-state index is 13.4. The van der Waals surface area contributed by atoms with Gasteiger partial charge in [0.2, 0.25) is 0 Å². The molecule has 14 heteroatoms. The molecule has 0 saturated carbocycles. The topological polar surface area (TPSA) is 77.8 Å². The van der Waals surface area contributed by atoms with E-state index >= 15 is 0 Å². The van der Waals surface area contributed by atoms with Crippen LogP contribution >= 0.6 is 11.8 Å². The minimum absolute atomic E-state index is 0.00124. The van der Waals surface area contributed by atoms with Gasteiger partial charge in [0, 0.05) is 5.75 Å². The summed E-state index contributed by atoms with van der Waals surface area (Å²) in [7, 11) is 0. The predicted octanol–water partition coefficient (Wildman–Crippen LogP) is 2.38. The van der Waals surface area contributed by atoms with E-state index in [-0.39, 0.29) is 11.8 Å². The van der Waals surface area contributed by atoms with Crippen molar-refractivity contribution in [3.05, 3.63) is 0 Å². The number of alkyl halides is 9. The summed E-state index contributed by atoms with van der Waals surface area (Å²) in [6.07, 6.45) is -11.6. The lowest BCUT2D eigenvalue weighted by Gasteiger charge is -2.37. The molecule has 144 valence electrons. The molecule has 0 fully saturated rings. The molecule has 4 nitrogen and oxygen atoms in total. The molecule has 0 rings (SSSR count). The van der Waals surface area contributed by atoms with Crippen LogP contribution in [0.5, 0.6) is 0 Å². The normalized spacial score (nSPS) is 16.8. The molecule has 0 amide bonds. The fourth-order valence-electron chi connectivity index (χ4n) is 1.35. The number of hydrogen-bond donors (Lipinski definition) is 3. The highest BCUT2D eigenvalue weighted by Crippen LogP contribution is 2.54. The van der Waals surface area contributed by atoms with Crippen LogP contribution in [-0.2, 0) is 4.79 Å². The minimum atomic E-state index is -7.16. The van der Waals surface area contributed by atoms with Crippen molar-refractivity contribution in [2.24, 2.45) is 0 Å². The monoisotopic (exact) mass is 398 g/mol. The summed E-state index contributed by atoms with van der Waals surface area (Å²) in [6.45, 7) is -1.51. The van der Waals surface area contributed by atoms with Crippen LogP contribution in [0.2, 0.25) is 0 Å². The molecule has 0 aliphatic heterocycles. The number of rotatable bonds is 9. The Morgan fingerprint density at radius 3 is 1.75 bits per heavy atom. The van der Waals surface area contributed by atoms with Gasteiger partial charge in [0.15, 0.2) is 0 Å². The second kappa shape index (κ2) is 7.56.